The summed E-state index contributed by atoms with van der Waals surface area (Å²) in [5.74, 6) is -0.268. The van der Waals surface area contributed by atoms with Gasteiger partial charge >= 0.3 is 5.97 Å². The number of anilines is 1. The third-order valence-electron chi connectivity index (χ3n) is 3.45. The summed E-state index contributed by atoms with van der Waals surface area (Å²) in [4.78, 5) is 15.9. The van der Waals surface area contributed by atoms with Crippen molar-refractivity contribution in [1.82, 2.24) is 4.90 Å². The second-order valence-corrected chi connectivity index (χ2v) is 5.36. The van der Waals surface area contributed by atoms with E-state index in [0.29, 0.717) is 6.61 Å². The van der Waals surface area contributed by atoms with Crippen LogP contribution in [0.2, 0.25) is 5.02 Å². The van der Waals surface area contributed by atoms with Gasteiger partial charge in [0.2, 0.25) is 0 Å². The maximum absolute atomic E-state index is 11.2. The molecule has 1 saturated heterocycles. The number of nitrogens with zero attached hydrogens (tertiary/aromatic N) is 2. The first kappa shape index (κ1) is 15.9. The zero-order valence-corrected chi connectivity index (χ0v) is 13.1. The molecule has 0 saturated carbocycles. The number of esters is 1. The van der Waals surface area contributed by atoms with Gasteiger partial charge in [0, 0.05) is 49.5 Å². The van der Waals surface area contributed by atoms with Gasteiger partial charge in [-0.3, -0.25) is 4.90 Å². The zero-order chi connectivity index (χ0) is 15.1. The largest absolute Gasteiger partial charge is 0.463 e. The predicted octanol–water partition coefficient (Wildman–Crippen LogP) is 2.58. The number of hydrogen-bond acceptors (Lipinski definition) is 4. The van der Waals surface area contributed by atoms with E-state index in [1.807, 2.05) is 24.3 Å². The molecule has 0 aromatic heterocycles. The summed E-state index contributed by atoms with van der Waals surface area (Å²) in [7, 11) is 0. The van der Waals surface area contributed by atoms with Crippen molar-refractivity contribution in [2.24, 2.45) is 0 Å². The molecule has 114 valence electrons. The van der Waals surface area contributed by atoms with Crippen molar-refractivity contribution in [2.45, 2.75) is 6.92 Å². The van der Waals surface area contributed by atoms with Gasteiger partial charge < -0.3 is 9.64 Å². The Morgan fingerprint density at radius 3 is 2.76 bits per heavy atom. The molecule has 0 unspecified atom stereocenters. The van der Waals surface area contributed by atoms with Gasteiger partial charge in [-0.05, 0) is 25.1 Å². The Morgan fingerprint density at radius 1 is 1.33 bits per heavy atom. The number of carbonyl (C=O) groups is 1. The van der Waals surface area contributed by atoms with Crippen LogP contribution >= 0.6 is 11.6 Å². The smallest absolute Gasteiger partial charge is 0.330 e. The molecule has 0 aliphatic carbocycles. The van der Waals surface area contributed by atoms with E-state index in [9.17, 15) is 4.79 Å². The molecule has 1 aliphatic heterocycles. The lowest BCUT2D eigenvalue weighted by Crippen LogP contribution is -2.46. The Balaban J connectivity index is 1.77. The Morgan fingerprint density at radius 2 is 2.10 bits per heavy atom. The lowest BCUT2D eigenvalue weighted by Gasteiger charge is -2.35. The Hall–Kier alpha value is -1.52. The van der Waals surface area contributed by atoms with E-state index in [-0.39, 0.29) is 5.97 Å². The van der Waals surface area contributed by atoms with Crippen LogP contribution in [0.25, 0.3) is 0 Å². The number of halogens is 1. The van der Waals surface area contributed by atoms with E-state index in [4.69, 9.17) is 16.3 Å². The molecule has 1 aromatic carbocycles. The molecule has 1 aromatic rings. The molecule has 0 radical (unpaired) electrons. The van der Waals surface area contributed by atoms with Gasteiger partial charge in [-0.25, -0.2) is 4.79 Å². The number of benzene rings is 1. The van der Waals surface area contributed by atoms with E-state index in [1.165, 1.54) is 11.8 Å². The molecule has 2 rings (SSSR count). The van der Waals surface area contributed by atoms with E-state index < -0.39 is 0 Å². The van der Waals surface area contributed by atoms with Crippen LogP contribution in [0.15, 0.2) is 36.4 Å². The molecule has 21 heavy (non-hydrogen) atoms. The molecule has 1 heterocycles. The minimum absolute atomic E-state index is 0.268. The van der Waals surface area contributed by atoms with Crippen LogP contribution in [-0.2, 0) is 9.53 Å². The van der Waals surface area contributed by atoms with Crippen LogP contribution in [0, 0.1) is 0 Å². The fourth-order valence-electron chi connectivity index (χ4n) is 2.35. The second-order valence-electron chi connectivity index (χ2n) is 4.92. The Bertz CT molecular complexity index is 497. The summed E-state index contributed by atoms with van der Waals surface area (Å²) in [5.41, 5.74) is 1.17. The van der Waals surface area contributed by atoms with Crippen LogP contribution in [0.5, 0.6) is 0 Å². The van der Waals surface area contributed by atoms with Crippen molar-refractivity contribution in [3.63, 3.8) is 0 Å². The lowest BCUT2D eigenvalue weighted by atomic mass is 10.2. The Kier molecular flexibility index (Phi) is 6.08. The highest BCUT2D eigenvalue weighted by Gasteiger charge is 2.16. The van der Waals surface area contributed by atoms with Crippen molar-refractivity contribution in [2.75, 3.05) is 44.2 Å². The van der Waals surface area contributed by atoms with E-state index in [1.54, 1.807) is 6.92 Å². The molecule has 1 fully saturated rings. The normalized spacial score (nSPS) is 16.4. The number of hydrogen-bond donors (Lipinski definition) is 0. The molecule has 0 atom stereocenters. The van der Waals surface area contributed by atoms with Crippen LogP contribution in [0.3, 0.4) is 0 Å². The number of piperazine rings is 1. The number of rotatable bonds is 5. The number of ether oxygens (including phenoxy) is 1. The van der Waals surface area contributed by atoms with Crippen LogP contribution < -0.4 is 4.90 Å². The molecule has 4 nitrogen and oxygen atoms in total. The monoisotopic (exact) mass is 308 g/mol. The SMILES string of the molecule is CCOC(=O)/C=C/CN1CCN(c2cccc(Cl)c2)CC1. The minimum Gasteiger partial charge on any atom is -0.463 e. The van der Waals surface area contributed by atoms with Gasteiger partial charge in [0.15, 0.2) is 0 Å². The maximum Gasteiger partial charge on any atom is 0.330 e. The van der Waals surface area contributed by atoms with Gasteiger partial charge in [-0.2, -0.15) is 0 Å². The van der Waals surface area contributed by atoms with Crippen LogP contribution in [0.4, 0.5) is 5.69 Å². The third kappa shape index (κ3) is 5.06. The predicted molar refractivity (Wildman–Crippen MR) is 85.9 cm³/mol. The van der Waals surface area contributed by atoms with E-state index >= 15 is 0 Å². The maximum atomic E-state index is 11.2. The number of carbonyl (C=O) groups excluding carboxylic acids is 1. The van der Waals surface area contributed by atoms with Crippen molar-refractivity contribution >= 4 is 23.3 Å². The summed E-state index contributed by atoms with van der Waals surface area (Å²) in [6.45, 7) is 6.88. The summed E-state index contributed by atoms with van der Waals surface area (Å²) in [6, 6.07) is 7.95. The van der Waals surface area contributed by atoms with Gasteiger partial charge in [0.25, 0.3) is 0 Å². The summed E-state index contributed by atoms with van der Waals surface area (Å²) >= 11 is 6.03. The second kappa shape index (κ2) is 8.05. The van der Waals surface area contributed by atoms with Gasteiger partial charge in [-0.15, -0.1) is 0 Å². The van der Waals surface area contributed by atoms with Gasteiger partial charge in [-0.1, -0.05) is 23.7 Å². The van der Waals surface area contributed by atoms with Crippen molar-refractivity contribution < 1.29 is 9.53 Å². The van der Waals surface area contributed by atoms with E-state index in [2.05, 4.69) is 15.9 Å². The first-order valence-electron chi connectivity index (χ1n) is 7.25. The highest BCUT2D eigenvalue weighted by atomic mass is 35.5. The summed E-state index contributed by atoms with van der Waals surface area (Å²) in [6.07, 6.45) is 3.37. The Labute approximate surface area is 130 Å². The van der Waals surface area contributed by atoms with Gasteiger partial charge in [0.05, 0.1) is 6.61 Å². The van der Waals surface area contributed by atoms with Gasteiger partial charge in [0.1, 0.15) is 0 Å². The van der Waals surface area contributed by atoms with Crippen molar-refractivity contribution in [1.29, 1.82) is 0 Å². The highest BCUT2D eigenvalue weighted by Crippen LogP contribution is 2.20. The zero-order valence-electron chi connectivity index (χ0n) is 12.3. The average molecular weight is 309 g/mol. The van der Waals surface area contributed by atoms with Crippen molar-refractivity contribution in [3.05, 3.63) is 41.4 Å². The summed E-state index contributed by atoms with van der Waals surface area (Å²) < 4.78 is 4.85. The topological polar surface area (TPSA) is 32.8 Å². The minimum atomic E-state index is -0.268. The molecule has 1 aliphatic rings. The molecule has 5 heteroatoms. The average Bonchev–Trinajstić information content (AvgIpc) is 2.48. The highest BCUT2D eigenvalue weighted by molar-refractivity contribution is 6.30. The fourth-order valence-corrected chi connectivity index (χ4v) is 2.53. The molecule has 0 spiro atoms. The van der Waals surface area contributed by atoms with Crippen molar-refractivity contribution in [3.8, 4) is 0 Å². The molecule has 0 N–H and O–H groups in total. The third-order valence-corrected chi connectivity index (χ3v) is 3.68. The first-order chi connectivity index (χ1) is 10.2. The summed E-state index contributed by atoms with van der Waals surface area (Å²) in [5, 5.41) is 0.771. The quantitative estimate of drug-likeness (QED) is 0.618. The lowest BCUT2D eigenvalue weighted by molar-refractivity contribution is -0.137. The van der Waals surface area contributed by atoms with Crippen LogP contribution in [0.1, 0.15) is 6.92 Å². The molecule has 0 amide bonds. The molecule has 0 bridgehead atoms. The fraction of sp³-hybridized carbons (Fsp3) is 0.438. The van der Waals surface area contributed by atoms with E-state index in [0.717, 1.165) is 37.7 Å². The molecular formula is C16H21ClN2O2. The molecular weight excluding hydrogens is 288 g/mol. The standard InChI is InChI=1S/C16H21ClN2O2/c1-2-21-16(20)7-4-8-18-9-11-19(12-10-18)15-6-3-5-14(17)13-15/h3-7,13H,2,8-12H2,1H3/b7-4+. The first-order valence-corrected chi connectivity index (χ1v) is 7.63. The van der Waals surface area contributed by atoms with Crippen LogP contribution in [-0.4, -0.2) is 50.2 Å².